The number of nitrogens with zero attached hydrogens (tertiary/aromatic N) is 1. The molecule has 2 saturated heterocycles. The molecule has 5 N–H and O–H groups in total. The molecule has 4 rings (SSSR count). The van der Waals surface area contributed by atoms with Gasteiger partial charge in [0.25, 0.3) is 0 Å². The molecule has 31 heavy (non-hydrogen) atoms. The fourth-order valence-electron chi connectivity index (χ4n) is 4.82. The van der Waals surface area contributed by atoms with E-state index in [4.69, 9.17) is 20.9 Å². The van der Waals surface area contributed by atoms with Crippen molar-refractivity contribution in [3.63, 3.8) is 0 Å². The van der Waals surface area contributed by atoms with Gasteiger partial charge in [-0.25, -0.2) is 4.79 Å². The summed E-state index contributed by atoms with van der Waals surface area (Å²) in [4.78, 5) is 51.1. The minimum Gasteiger partial charge on any atom is -0.469 e. The van der Waals surface area contributed by atoms with Gasteiger partial charge >= 0.3 is 12.1 Å². The van der Waals surface area contributed by atoms with Gasteiger partial charge in [0, 0.05) is 42.3 Å². The molecule has 4 atom stereocenters. The Morgan fingerprint density at radius 2 is 2.03 bits per heavy atom. The van der Waals surface area contributed by atoms with Crippen LogP contribution in [-0.2, 0) is 28.6 Å². The number of amides is 1. The van der Waals surface area contributed by atoms with E-state index in [-0.39, 0.29) is 65.2 Å². The zero-order chi connectivity index (χ0) is 22.5. The van der Waals surface area contributed by atoms with Crippen LogP contribution in [0.4, 0.5) is 4.79 Å². The number of rotatable bonds is 8. The molecule has 0 aromatic heterocycles. The maximum Gasteiger partial charge on any atom is 0.404 e. The first-order valence-electron chi connectivity index (χ1n) is 9.75. The van der Waals surface area contributed by atoms with Crippen LogP contribution in [0.25, 0.3) is 0 Å². The molecule has 0 bridgehead atoms. The molecule has 0 spiro atoms. The molecule has 12 heteroatoms. The Morgan fingerprint density at radius 3 is 2.68 bits per heavy atom. The standard InChI is InChI=1S/C19H24N4O7S/c1-28-11(24)3-4-31-7-8-13(20)16(26)12-9(6-30-18(21)27)19(29-2)17-10(22-17)5-23(19)14(12)15(8)25/h9-10,17,22H,3-7,20H2,1-2H3,(H2,21,27)/t9-,10+,17+,19-/m1/s1. The first-order chi connectivity index (χ1) is 14.8. The van der Waals surface area contributed by atoms with Crippen LogP contribution in [0.2, 0.25) is 0 Å². The van der Waals surface area contributed by atoms with Gasteiger partial charge in [-0.05, 0) is 0 Å². The number of fused-ring (bicyclic) bond motifs is 4. The fraction of sp³-hybridized carbons (Fsp3) is 0.579. The third kappa shape index (κ3) is 3.20. The molecule has 11 nitrogen and oxygen atoms in total. The molecule has 0 radical (unpaired) electrons. The minimum absolute atomic E-state index is 0.106. The largest absolute Gasteiger partial charge is 0.469 e. The van der Waals surface area contributed by atoms with Crippen molar-refractivity contribution >= 4 is 35.4 Å². The van der Waals surface area contributed by atoms with Crippen molar-refractivity contribution in [3.05, 3.63) is 22.5 Å². The predicted molar refractivity (Wildman–Crippen MR) is 108 cm³/mol. The molecule has 4 aliphatic rings. The van der Waals surface area contributed by atoms with Crippen molar-refractivity contribution in [3.8, 4) is 0 Å². The summed E-state index contributed by atoms with van der Waals surface area (Å²) in [6, 6.07) is -0.0154. The van der Waals surface area contributed by atoms with Crippen LogP contribution < -0.4 is 16.8 Å². The Kier molecular flexibility index (Phi) is 5.48. The lowest BCUT2D eigenvalue weighted by Crippen LogP contribution is -2.55. The summed E-state index contributed by atoms with van der Waals surface area (Å²) in [6.07, 6.45) is -0.795. The number of piperazine rings is 1. The summed E-state index contributed by atoms with van der Waals surface area (Å²) in [5, 5.41) is 3.29. The smallest absolute Gasteiger partial charge is 0.404 e. The highest BCUT2D eigenvalue weighted by atomic mass is 32.2. The number of allylic oxidation sites excluding steroid dienone is 2. The molecule has 0 unspecified atom stereocenters. The summed E-state index contributed by atoms with van der Waals surface area (Å²) in [5.74, 6) is -1.28. The highest BCUT2D eigenvalue weighted by Crippen LogP contribution is 2.55. The Bertz CT molecular complexity index is 932. The van der Waals surface area contributed by atoms with Crippen LogP contribution in [-0.4, -0.2) is 85.2 Å². The van der Waals surface area contributed by atoms with E-state index < -0.39 is 23.5 Å². The molecule has 3 heterocycles. The second-order valence-corrected chi connectivity index (χ2v) is 8.80. The van der Waals surface area contributed by atoms with Gasteiger partial charge in [0.2, 0.25) is 11.6 Å². The van der Waals surface area contributed by atoms with Gasteiger partial charge in [-0.3, -0.25) is 14.4 Å². The number of carbonyl (C=O) groups excluding carboxylic acids is 4. The summed E-state index contributed by atoms with van der Waals surface area (Å²) in [5.41, 5.74) is 10.7. The third-order valence-electron chi connectivity index (χ3n) is 6.25. The predicted octanol–water partition coefficient (Wildman–Crippen LogP) is -1.37. The van der Waals surface area contributed by atoms with Crippen molar-refractivity contribution in [2.45, 2.75) is 24.2 Å². The van der Waals surface area contributed by atoms with E-state index in [1.807, 2.05) is 0 Å². The molecule has 0 aromatic rings. The van der Waals surface area contributed by atoms with Crippen LogP contribution in [0.1, 0.15) is 6.42 Å². The normalized spacial score (nSPS) is 30.9. The molecular formula is C19H24N4O7S. The van der Waals surface area contributed by atoms with Crippen molar-refractivity contribution in [1.29, 1.82) is 0 Å². The number of esters is 1. The maximum atomic E-state index is 13.5. The highest BCUT2D eigenvalue weighted by molar-refractivity contribution is 7.99. The molecule has 1 aliphatic carbocycles. The van der Waals surface area contributed by atoms with E-state index in [0.29, 0.717) is 12.3 Å². The number of methoxy groups -OCH3 is 2. The number of nitrogens with one attached hydrogen (secondary N) is 1. The first kappa shape index (κ1) is 21.7. The zero-order valence-corrected chi connectivity index (χ0v) is 18.0. The average molecular weight is 452 g/mol. The number of carbonyl (C=O) groups is 4. The number of hydrogen-bond acceptors (Lipinski definition) is 11. The third-order valence-corrected chi connectivity index (χ3v) is 7.24. The van der Waals surface area contributed by atoms with Crippen LogP contribution in [0.15, 0.2) is 22.5 Å². The van der Waals surface area contributed by atoms with Crippen LogP contribution in [0, 0.1) is 5.92 Å². The number of primary amides is 1. The second-order valence-electron chi connectivity index (χ2n) is 7.69. The molecule has 0 saturated carbocycles. The van der Waals surface area contributed by atoms with Gasteiger partial charge in [0.15, 0.2) is 5.72 Å². The Morgan fingerprint density at radius 1 is 1.29 bits per heavy atom. The van der Waals surface area contributed by atoms with E-state index in [1.54, 1.807) is 4.90 Å². The number of Topliss-reactive ketones (excluding diaryl/α,β-unsaturated/α-hetero) is 2. The lowest BCUT2D eigenvalue weighted by molar-refractivity contribution is -0.140. The Balaban J connectivity index is 1.62. The van der Waals surface area contributed by atoms with Gasteiger partial charge in [0.05, 0.1) is 36.9 Å². The fourth-order valence-corrected chi connectivity index (χ4v) is 5.76. The van der Waals surface area contributed by atoms with Crippen molar-refractivity contribution in [2.24, 2.45) is 17.4 Å². The van der Waals surface area contributed by atoms with Crippen LogP contribution >= 0.6 is 11.8 Å². The van der Waals surface area contributed by atoms with E-state index in [0.717, 1.165) is 0 Å². The molecule has 3 aliphatic heterocycles. The monoisotopic (exact) mass is 452 g/mol. The van der Waals surface area contributed by atoms with Gasteiger partial charge in [-0.15, -0.1) is 0 Å². The Labute approximate surface area is 182 Å². The summed E-state index contributed by atoms with van der Waals surface area (Å²) >= 11 is 1.32. The lowest BCUT2D eigenvalue weighted by Gasteiger charge is -2.39. The number of nitrogens with two attached hydrogens (primary N) is 2. The SMILES string of the molecule is COC(=O)CCSCC1=C(N)C(=O)C2=C(C1=O)N1C[C@@H]3N[C@@H]3[C@]1(OC)[C@@H]2COC(N)=O. The number of ketones is 2. The first-order valence-corrected chi connectivity index (χ1v) is 10.9. The van der Waals surface area contributed by atoms with Gasteiger partial charge in [-0.1, -0.05) is 0 Å². The van der Waals surface area contributed by atoms with E-state index in [9.17, 15) is 19.2 Å². The summed E-state index contributed by atoms with van der Waals surface area (Å²) in [7, 11) is 2.81. The molecular weight excluding hydrogens is 428 g/mol. The van der Waals surface area contributed by atoms with Gasteiger partial charge in [-0.2, -0.15) is 11.8 Å². The van der Waals surface area contributed by atoms with E-state index in [2.05, 4.69) is 10.1 Å². The molecule has 1 amide bonds. The minimum atomic E-state index is -1.04. The maximum absolute atomic E-state index is 13.5. The number of thioether (sulfide) groups is 1. The van der Waals surface area contributed by atoms with Crippen molar-refractivity contribution in [2.75, 3.05) is 38.9 Å². The Hall–Kier alpha value is -2.57. The topological polar surface area (TPSA) is 173 Å². The number of hydrogen-bond donors (Lipinski definition) is 3. The molecule has 0 aromatic carbocycles. The molecule has 168 valence electrons. The van der Waals surface area contributed by atoms with Gasteiger partial charge < -0.3 is 35.9 Å². The van der Waals surface area contributed by atoms with Crippen molar-refractivity contribution < 1.29 is 33.4 Å². The van der Waals surface area contributed by atoms with Gasteiger partial charge in [0.1, 0.15) is 6.61 Å². The van der Waals surface area contributed by atoms with Crippen LogP contribution in [0.3, 0.4) is 0 Å². The second kappa shape index (κ2) is 7.84. The highest BCUT2D eigenvalue weighted by Gasteiger charge is 2.72. The van der Waals surface area contributed by atoms with Crippen LogP contribution in [0.5, 0.6) is 0 Å². The number of ether oxygens (including phenoxy) is 3. The molecule has 2 fully saturated rings. The summed E-state index contributed by atoms with van der Waals surface area (Å²) < 4.78 is 15.5. The van der Waals surface area contributed by atoms with E-state index >= 15 is 0 Å². The lowest BCUT2D eigenvalue weighted by atomic mass is 9.82. The quantitative estimate of drug-likeness (QED) is 0.171. The van der Waals surface area contributed by atoms with Crippen molar-refractivity contribution in [1.82, 2.24) is 10.2 Å². The summed E-state index contributed by atoms with van der Waals surface area (Å²) in [6.45, 7) is 0.269. The van der Waals surface area contributed by atoms with E-state index in [1.165, 1.54) is 26.0 Å². The zero-order valence-electron chi connectivity index (χ0n) is 17.1. The average Bonchev–Trinajstić information content (AvgIpc) is 3.35.